The van der Waals surface area contributed by atoms with Crippen LogP contribution >= 0.6 is 0 Å². The summed E-state index contributed by atoms with van der Waals surface area (Å²) in [5.74, 6) is -0.511. The maximum absolute atomic E-state index is 13.0. The molecule has 2 aromatic rings. The Bertz CT molecular complexity index is 932. The van der Waals surface area contributed by atoms with Crippen molar-refractivity contribution in [1.82, 2.24) is 5.32 Å². The van der Waals surface area contributed by atoms with Gasteiger partial charge in [0.2, 0.25) is 0 Å². The average molecular weight is 424 g/mol. The van der Waals surface area contributed by atoms with Crippen LogP contribution in [0, 0.1) is 0 Å². The predicted octanol–water partition coefficient (Wildman–Crippen LogP) is 4.32. The van der Waals surface area contributed by atoms with Gasteiger partial charge in [-0.1, -0.05) is 49.2 Å². The summed E-state index contributed by atoms with van der Waals surface area (Å²) in [6.07, 6.45) is 4.90. The summed E-state index contributed by atoms with van der Waals surface area (Å²) in [4.78, 5) is 25.5. The summed E-state index contributed by atoms with van der Waals surface area (Å²) in [7, 11) is 0. The van der Waals surface area contributed by atoms with E-state index >= 15 is 0 Å². The van der Waals surface area contributed by atoms with Crippen molar-refractivity contribution >= 4 is 23.5 Å². The van der Waals surface area contributed by atoms with Crippen molar-refractivity contribution in [3.63, 3.8) is 0 Å². The minimum atomic E-state index is -0.904. The van der Waals surface area contributed by atoms with Gasteiger partial charge in [-0.05, 0) is 56.0 Å². The smallest absolute Gasteiger partial charge is 0.339 e. The number of rotatable bonds is 8. The third kappa shape index (κ3) is 6.10. The zero-order valence-corrected chi connectivity index (χ0v) is 18.0. The fraction of sp³-hybridized carbons (Fsp3) is 0.360. The van der Waals surface area contributed by atoms with Gasteiger partial charge in [0.1, 0.15) is 0 Å². The molecule has 1 aliphatic rings. The van der Waals surface area contributed by atoms with E-state index in [1.165, 1.54) is 6.07 Å². The minimum Gasteiger partial charge on any atom is -0.504 e. The van der Waals surface area contributed by atoms with Crippen molar-refractivity contribution in [1.29, 1.82) is 0 Å². The number of carbonyl (C=O) groups excluding carboxylic acids is 2. The van der Waals surface area contributed by atoms with Gasteiger partial charge in [0.05, 0.1) is 12.2 Å². The highest BCUT2D eigenvalue weighted by Gasteiger charge is 2.25. The molecule has 164 valence electrons. The quantitative estimate of drug-likeness (QED) is 0.375. The highest BCUT2D eigenvalue weighted by Crippen LogP contribution is 2.29. The van der Waals surface area contributed by atoms with Gasteiger partial charge >= 0.3 is 5.97 Å². The summed E-state index contributed by atoms with van der Waals surface area (Å²) >= 11 is 0. The Labute approximate surface area is 182 Å². The lowest BCUT2D eigenvalue weighted by Gasteiger charge is -2.18. The van der Waals surface area contributed by atoms with Crippen molar-refractivity contribution < 1.29 is 24.2 Å². The summed E-state index contributed by atoms with van der Waals surface area (Å²) in [6.45, 7) is 3.81. The molecule has 0 radical (unpaired) electrons. The van der Waals surface area contributed by atoms with Crippen LogP contribution in [0.2, 0.25) is 0 Å². The van der Waals surface area contributed by atoms with Crippen LogP contribution in [-0.2, 0) is 14.3 Å². The second-order valence-corrected chi connectivity index (χ2v) is 7.62. The van der Waals surface area contributed by atoms with Crippen molar-refractivity contribution in [2.75, 3.05) is 6.61 Å². The second-order valence-electron chi connectivity index (χ2n) is 7.62. The third-order valence-corrected chi connectivity index (χ3v) is 5.25. The molecule has 6 heteroatoms. The molecule has 6 nitrogen and oxygen atoms in total. The molecule has 1 atom stereocenters. The Morgan fingerprint density at radius 2 is 1.87 bits per heavy atom. The number of nitrogens with one attached hydrogen (secondary N) is 1. The minimum absolute atomic E-state index is 0.0278. The molecule has 2 N–H and O–H groups in total. The first-order valence-corrected chi connectivity index (χ1v) is 10.7. The van der Waals surface area contributed by atoms with Crippen LogP contribution in [0.1, 0.15) is 50.7 Å². The molecule has 0 saturated heterocycles. The van der Waals surface area contributed by atoms with E-state index in [0.717, 1.165) is 25.7 Å². The Hall–Kier alpha value is -3.28. The fourth-order valence-corrected chi connectivity index (χ4v) is 3.60. The topological polar surface area (TPSA) is 84.9 Å². The average Bonchev–Trinajstić information content (AvgIpc) is 3.28. The molecular weight excluding hydrogens is 394 g/mol. The predicted molar refractivity (Wildman–Crippen MR) is 120 cm³/mol. The molecule has 0 bridgehead atoms. The maximum Gasteiger partial charge on any atom is 0.339 e. The second kappa shape index (κ2) is 10.7. The van der Waals surface area contributed by atoms with Crippen LogP contribution in [0.3, 0.4) is 0 Å². The number of esters is 1. The number of amides is 1. The summed E-state index contributed by atoms with van der Waals surface area (Å²) in [6, 6.07) is 14.1. The van der Waals surface area contributed by atoms with Gasteiger partial charge in [0.15, 0.2) is 17.6 Å². The molecule has 1 fully saturated rings. The van der Waals surface area contributed by atoms with Gasteiger partial charge in [-0.2, -0.15) is 0 Å². The Morgan fingerprint density at radius 3 is 2.55 bits per heavy atom. The lowest BCUT2D eigenvalue weighted by Crippen LogP contribution is -2.40. The molecule has 0 aromatic heterocycles. The van der Waals surface area contributed by atoms with Gasteiger partial charge in [-0.25, -0.2) is 4.79 Å². The van der Waals surface area contributed by atoms with Crippen LogP contribution < -0.4 is 10.1 Å². The molecule has 1 amide bonds. The Kier molecular flexibility index (Phi) is 7.70. The molecule has 3 rings (SSSR count). The molecule has 0 heterocycles. The Balaban J connectivity index is 1.82. The standard InChI is InChI=1S/C25H29NO5/c1-3-30-23-16-18(13-14-22(23)27)15-21(19-9-5-4-6-10-19)25(29)31-17(2)24(28)26-20-11-7-8-12-20/h4-6,9-10,13-17,20,27H,3,7-8,11-12H2,1-2H3,(H,26,28)/b21-15+/t17-/m1/s1. The molecule has 0 spiro atoms. The van der Waals surface area contributed by atoms with Crippen molar-refractivity contribution in [2.45, 2.75) is 51.7 Å². The van der Waals surface area contributed by atoms with Crippen molar-refractivity contribution in [3.05, 3.63) is 59.7 Å². The number of hydrogen-bond acceptors (Lipinski definition) is 5. The highest BCUT2D eigenvalue weighted by molar-refractivity contribution is 6.22. The van der Waals surface area contributed by atoms with Gasteiger partial charge in [0, 0.05) is 6.04 Å². The SMILES string of the molecule is CCOc1cc(/C=C(/C(=O)O[C@H](C)C(=O)NC2CCCC2)c2ccccc2)ccc1O. The van der Waals surface area contributed by atoms with E-state index < -0.39 is 12.1 Å². The molecule has 31 heavy (non-hydrogen) atoms. The number of hydrogen-bond donors (Lipinski definition) is 2. The number of aromatic hydroxyl groups is 1. The van der Waals surface area contributed by atoms with E-state index in [1.807, 2.05) is 25.1 Å². The summed E-state index contributed by atoms with van der Waals surface area (Å²) in [5.41, 5.74) is 1.65. The Morgan fingerprint density at radius 1 is 1.16 bits per heavy atom. The monoisotopic (exact) mass is 423 g/mol. The van der Waals surface area contributed by atoms with E-state index in [2.05, 4.69) is 5.32 Å². The zero-order valence-electron chi connectivity index (χ0n) is 18.0. The maximum atomic E-state index is 13.0. The lowest BCUT2D eigenvalue weighted by atomic mass is 10.0. The largest absolute Gasteiger partial charge is 0.504 e. The normalized spacial score (nSPS) is 15.4. The first kappa shape index (κ1) is 22.4. The molecule has 0 aliphatic heterocycles. The van der Waals surface area contributed by atoms with Crippen LogP contribution in [0.25, 0.3) is 11.6 Å². The number of benzene rings is 2. The van der Waals surface area contributed by atoms with Crippen LogP contribution in [0.4, 0.5) is 0 Å². The molecule has 1 aliphatic carbocycles. The summed E-state index contributed by atoms with van der Waals surface area (Å²) < 4.78 is 10.9. The van der Waals surface area contributed by atoms with E-state index in [0.29, 0.717) is 29.1 Å². The van der Waals surface area contributed by atoms with Crippen LogP contribution in [0.15, 0.2) is 48.5 Å². The fourth-order valence-electron chi connectivity index (χ4n) is 3.60. The van der Waals surface area contributed by atoms with Crippen molar-refractivity contribution in [2.24, 2.45) is 0 Å². The van der Waals surface area contributed by atoms with Crippen LogP contribution in [0.5, 0.6) is 11.5 Å². The number of phenols is 1. The van der Waals surface area contributed by atoms with Gasteiger partial charge in [-0.15, -0.1) is 0 Å². The van der Waals surface area contributed by atoms with Gasteiger partial charge < -0.3 is 19.9 Å². The summed E-state index contributed by atoms with van der Waals surface area (Å²) in [5, 5.41) is 12.9. The highest BCUT2D eigenvalue weighted by atomic mass is 16.5. The van der Waals surface area contributed by atoms with E-state index in [9.17, 15) is 14.7 Å². The van der Waals surface area contributed by atoms with E-state index in [-0.39, 0.29) is 17.7 Å². The molecule has 0 unspecified atom stereocenters. The van der Waals surface area contributed by atoms with Crippen molar-refractivity contribution in [3.8, 4) is 11.5 Å². The van der Waals surface area contributed by atoms with E-state index in [1.54, 1.807) is 37.3 Å². The first-order chi connectivity index (χ1) is 15.0. The number of carbonyl (C=O) groups is 2. The molecule has 2 aromatic carbocycles. The lowest BCUT2D eigenvalue weighted by molar-refractivity contribution is -0.149. The first-order valence-electron chi connectivity index (χ1n) is 10.7. The van der Waals surface area contributed by atoms with Gasteiger partial charge in [0.25, 0.3) is 5.91 Å². The number of phenolic OH excluding ortho intramolecular Hbond substituents is 1. The zero-order chi connectivity index (χ0) is 22.2. The molecular formula is C25H29NO5. The van der Waals surface area contributed by atoms with Crippen LogP contribution in [-0.4, -0.2) is 35.7 Å². The third-order valence-electron chi connectivity index (χ3n) is 5.25. The number of ether oxygens (including phenoxy) is 2. The van der Waals surface area contributed by atoms with Gasteiger partial charge in [-0.3, -0.25) is 4.79 Å². The van der Waals surface area contributed by atoms with E-state index in [4.69, 9.17) is 9.47 Å². The molecule has 1 saturated carbocycles.